The van der Waals surface area contributed by atoms with E-state index in [0.717, 1.165) is 27.9 Å². The van der Waals surface area contributed by atoms with Crippen LogP contribution in [0.2, 0.25) is 0 Å². The van der Waals surface area contributed by atoms with Crippen molar-refractivity contribution in [3.05, 3.63) is 34.3 Å². The fourth-order valence-electron chi connectivity index (χ4n) is 1.51. The molecule has 0 fully saturated rings. The lowest BCUT2D eigenvalue weighted by Crippen LogP contribution is -2.22. The van der Waals surface area contributed by atoms with Gasteiger partial charge in [0.2, 0.25) is 0 Å². The number of benzene rings is 1. The Morgan fingerprint density at radius 3 is 2.60 bits per heavy atom. The van der Waals surface area contributed by atoms with Gasteiger partial charge in [-0.25, -0.2) is 4.99 Å². The van der Waals surface area contributed by atoms with Crippen LogP contribution in [0.5, 0.6) is 5.75 Å². The quantitative estimate of drug-likeness (QED) is 0.650. The Hall–Kier alpha value is -2.15. The smallest absolute Gasteiger partial charge is 0.193 e. The Morgan fingerprint density at radius 2 is 2.00 bits per heavy atom. The molecule has 0 aliphatic heterocycles. The summed E-state index contributed by atoms with van der Waals surface area (Å²) in [5, 5.41) is 13.0. The summed E-state index contributed by atoms with van der Waals surface area (Å²) in [6.07, 6.45) is 0.890. The van der Waals surface area contributed by atoms with E-state index in [9.17, 15) is 0 Å². The summed E-state index contributed by atoms with van der Waals surface area (Å²) >= 11 is 1.56. The van der Waals surface area contributed by atoms with E-state index in [4.69, 9.17) is 10.5 Å². The van der Waals surface area contributed by atoms with E-state index in [2.05, 4.69) is 20.5 Å². The Bertz CT molecular complexity index is 579. The van der Waals surface area contributed by atoms with E-state index in [1.54, 1.807) is 18.4 Å². The topological polar surface area (TPSA) is 85.4 Å². The first kappa shape index (κ1) is 14.3. The summed E-state index contributed by atoms with van der Waals surface area (Å²) < 4.78 is 5.09. The summed E-state index contributed by atoms with van der Waals surface area (Å²) in [5.74, 6) is 1.15. The van der Waals surface area contributed by atoms with E-state index in [1.807, 2.05) is 31.2 Å². The van der Waals surface area contributed by atoms with Crippen LogP contribution in [0.15, 0.2) is 29.3 Å². The zero-order valence-electron chi connectivity index (χ0n) is 11.5. The zero-order chi connectivity index (χ0) is 14.4. The van der Waals surface area contributed by atoms with Crippen molar-refractivity contribution in [1.82, 2.24) is 10.2 Å². The van der Waals surface area contributed by atoms with Gasteiger partial charge < -0.3 is 15.8 Å². The minimum atomic E-state index is 0.350. The first-order valence-electron chi connectivity index (χ1n) is 6.23. The summed E-state index contributed by atoms with van der Waals surface area (Å²) in [5.41, 5.74) is 6.69. The molecule has 106 valence electrons. The summed E-state index contributed by atoms with van der Waals surface area (Å²) in [6, 6.07) is 7.46. The molecule has 6 nitrogen and oxygen atoms in total. The fraction of sp³-hybridized carbons (Fsp3) is 0.308. The molecule has 0 amide bonds. The van der Waals surface area contributed by atoms with Crippen LogP contribution in [0.25, 0.3) is 0 Å². The Balaban J connectivity index is 1.92. The van der Waals surface area contributed by atoms with E-state index in [1.165, 1.54) is 0 Å². The molecule has 7 heteroatoms. The van der Waals surface area contributed by atoms with Crippen LogP contribution in [0.1, 0.15) is 16.9 Å². The van der Waals surface area contributed by atoms with Gasteiger partial charge in [-0.05, 0) is 30.7 Å². The van der Waals surface area contributed by atoms with Gasteiger partial charge in [0.15, 0.2) is 5.96 Å². The number of nitrogens with one attached hydrogen (secondary N) is 1. The maximum atomic E-state index is 5.83. The second kappa shape index (κ2) is 6.85. The number of anilines is 1. The predicted molar refractivity (Wildman–Crippen MR) is 81.2 cm³/mol. The largest absolute Gasteiger partial charge is 0.497 e. The molecular weight excluding hydrogens is 274 g/mol. The number of rotatable bonds is 5. The van der Waals surface area contributed by atoms with Gasteiger partial charge in [0.1, 0.15) is 15.8 Å². The molecule has 20 heavy (non-hydrogen) atoms. The van der Waals surface area contributed by atoms with E-state index >= 15 is 0 Å². The van der Waals surface area contributed by atoms with Crippen molar-refractivity contribution in [3.63, 3.8) is 0 Å². The standard InChI is InChI=1S/C13H17N5OS/c1-3-11-17-18-12(20-11)8-15-13(14)16-9-4-6-10(19-2)7-5-9/h4-7H,3,8H2,1-2H3,(H3,14,15,16). The van der Waals surface area contributed by atoms with Crippen molar-refractivity contribution >= 4 is 23.0 Å². The molecule has 0 aliphatic carbocycles. The number of aryl methyl sites for hydroxylation is 1. The van der Waals surface area contributed by atoms with Crippen LogP contribution in [-0.2, 0) is 13.0 Å². The minimum Gasteiger partial charge on any atom is -0.497 e. The van der Waals surface area contributed by atoms with Gasteiger partial charge in [-0.3, -0.25) is 0 Å². The lowest BCUT2D eigenvalue weighted by atomic mass is 10.3. The third kappa shape index (κ3) is 3.92. The number of methoxy groups -OCH3 is 1. The van der Waals surface area contributed by atoms with Crippen LogP contribution in [0.3, 0.4) is 0 Å². The summed E-state index contributed by atoms with van der Waals surface area (Å²) in [4.78, 5) is 4.24. The number of aliphatic imine (C=N–C) groups is 1. The van der Waals surface area contributed by atoms with Gasteiger partial charge in [0, 0.05) is 5.69 Å². The highest BCUT2D eigenvalue weighted by atomic mass is 32.1. The summed E-state index contributed by atoms with van der Waals surface area (Å²) in [6.45, 7) is 2.49. The molecule has 0 aliphatic rings. The van der Waals surface area contributed by atoms with Crippen molar-refractivity contribution in [1.29, 1.82) is 0 Å². The van der Waals surface area contributed by atoms with Gasteiger partial charge in [0.05, 0.1) is 13.7 Å². The van der Waals surface area contributed by atoms with Gasteiger partial charge in [0.25, 0.3) is 0 Å². The van der Waals surface area contributed by atoms with Crippen molar-refractivity contribution < 1.29 is 4.74 Å². The fourth-order valence-corrected chi connectivity index (χ4v) is 2.22. The molecule has 0 unspecified atom stereocenters. The Morgan fingerprint density at radius 1 is 1.30 bits per heavy atom. The van der Waals surface area contributed by atoms with Crippen LogP contribution in [-0.4, -0.2) is 23.3 Å². The minimum absolute atomic E-state index is 0.350. The molecule has 1 aromatic carbocycles. The van der Waals surface area contributed by atoms with Crippen molar-refractivity contribution in [2.45, 2.75) is 19.9 Å². The first-order valence-corrected chi connectivity index (χ1v) is 7.05. The molecule has 0 saturated heterocycles. The lowest BCUT2D eigenvalue weighted by Gasteiger charge is -2.06. The van der Waals surface area contributed by atoms with Crippen molar-refractivity contribution in [2.75, 3.05) is 12.4 Å². The van der Waals surface area contributed by atoms with E-state index in [-0.39, 0.29) is 0 Å². The van der Waals surface area contributed by atoms with Gasteiger partial charge >= 0.3 is 0 Å². The number of guanidine groups is 1. The Kier molecular flexibility index (Phi) is 4.89. The maximum Gasteiger partial charge on any atom is 0.193 e. The van der Waals surface area contributed by atoms with Crippen LogP contribution in [0.4, 0.5) is 5.69 Å². The first-order chi connectivity index (χ1) is 9.71. The predicted octanol–water partition coefficient (Wildman–Crippen LogP) is 2.04. The van der Waals surface area contributed by atoms with Crippen molar-refractivity contribution in [2.24, 2.45) is 10.7 Å². The van der Waals surface area contributed by atoms with Crippen LogP contribution < -0.4 is 15.8 Å². The molecule has 2 rings (SSSR count). The maximum absolute atomic E-state index is 5.83. The SMILES string of the molecule is CCc1nnc(CN=C(N)Nc2ccc(OC)cc2)s1. The van der Waals surface area contributed by atoms with Gasteiger partial charge in [-0.2, -0.15) is 0 Å². The highest BCUT2D eigenvalue weighted by Gasteiger charge is 2.02. The van der Waals surface area contributed by atoms with E-state index in [0.29, 0.717) is 12.5 Å². The van der Waals surface area contributed by atoms with Crippen LogP contribution in [0, 0.1) is 0 Å². The van der Waals surface area contributed by atoms with Crippen LogP contribution >= 0.6 is 11.3 Å². The number of nitrogens with two attached hydrogens (primary N) is 1. The number of hydrogen-bond acceptors (Lipinski definition) is 5. The molecule has 0 bridgehead atoms. The number of nitrogens with zero attached hydrogens (tertiary/aromatic N) is 3. The number of ether oxygens (including phenoxy) is 1. The zero-order valence-corrected chi connectivity index (χ0v) is 12.3. The molecule has 0 saturated carbocycles. The second-order valence-electron chi connectivity index (χ2n) is 4.00. The third-order valence-electron chi connectivity index (χ3n) is 2.56. The molecule has 3 N–H and O–H groups in total. The van der Waals surface area contributed by atoms with E-state index < -0.39 is 0 Å². The third-order valence-corrected chi connectivity index (χ3v) is 3.61. The normalized spacial score (nSPS) is 11.4. The molecule has 0 radical (unpaired) electrons. The molecule has 1 heterocycles. The molecule has 1 aromatic heterocycles. The Labute approximate surface area is 121 Å². The average Bonchev–Trinajstić information content (AvgIpc) is 2.94. The average molecular weight is 291 g/mol. The second-order valence-corrected chi connectivity index (χ2v) is 5.14. The number of aromatic nitrogens is 2. The van der Waals surface area contributed by atoms with Gasteiger partial charge in [-0.1, -0.05) is 18.3 Å². The lowest BCUT2D eigenvalue weighted by molar-refractivity contribution is 0.415. The number of hydrogen-bond donors (Lipinski definition) is 2. The van der Waals surface area contributed by atoms with Gasteiger partial charge in [-0.15, -0.1) is 10.2 Å². The molecular formula is C13H17N5OS. The molecule has 2 aromatic rings. The molecule has 0 atom stereocenters. The molecule has 0 spiro atoms. The van der Waals surface area contributed by atoms with Crippen molar-refractivity contribution in [3.8, 4) is 5.75 Å². The monoisotopic (exact) mass is 291 g/mol. The highest BCUT2D eigenvalue weighted by molar-refractivity contribution is 7.11. The highest BCUT2D eigenvalue weighted by Crippen LogP contribution is 2.15. The summed E-state index contributed by atoms with van der Waals surface area (Å²) in [7, 11) is 1.63.